The Hall–Kier alpha value is -2.09. The van der Waals surface area contributed by atoms with Crippen molar-refractivity contribution in [3.05, 3.63) is 45.9 Å². The van der Waals surface area contributed by atoms with E-state index in [1.54, 1.807) is 0 Å². The van der Waals surface area contributed by atoms with Gasteiger partial charge < -0.3 is 15.2 Å². The molecule has 0 radical (unpaired) electrons. The third-order valence-corrected chi connectivity index (χ3v) is 5.42. The fraction of sp³-hybridized carbons (Fsp3) is 0.556. The fourth-order valence-electron chi connectivity index (χ4n) is 3.82. The van der Waals surface area contributed by atoms with Crippen molar-refractivity contribution in [2.45, 2.75) is 45.6 Å². The van der Waals surface area contributed by atoms with E-state index >= 15 is 0 Å². The van der Waals surface area contributed by atoms with Crippen LogP contribution in [0.15, 0.2) is 29.1 Å². The predicted molar refractivity (Wildman–Crippen MR) is 90.1 cm³/mol. The summed E-state index contributed by atoms with van der Waals surface area (Å²) in [6.45, 7) is 4.32. The molecule has 1 amide bonds. The highest BCUT2D eigenvalue weighted by Crippen LogP contribution is 2.41. The van der Waals surface area contributed by atoms with Gasteiger partial charge in [0.1, 0.15) is 0 Å². The number of fused-ring (bicyclic) bond motifs is 1. The van der Waals surface area contributed by atoms with Crippen LogP contribution in [-0.2, 0) is 24.1 Å². The molecule has 2 N–H and O–H groups in total. The quantitative estimate of drug-likeness (QED) is 0.812. The molecule has 2 heterocycles. The van der Waals surface area contributed by atoms with Crippen LogP contribution in [0.2, 0.25) is 0 Å². The molecule has 0 bridgehead atoms. The van der Waals surface area contributed by atoms with Gasteiger partial charge in [0.25, 0.3) is 5.56 Å². The highest BCUT2D eigenvalue weighted by molar-refractivity contribution is 5.86. The number of nitrogens with zero attached hydrogens (tertiary/aromatic N) is 2. The summed E-state index contributed by atoms with van der Waals surface area (Å²) >= 11 is 0. The largest absolute Gasteiger partial charge is 0.416 e. The van der Waals surface area contributed by atoms with Crippen molar-refractivity contribution in [2.24, 2.45) is 17.1 Å². The van der Waals surface area contributed by atoms with Gasteiger partial charge in [0.2, 0.25) is 5.91 Å². The highest BCUT2D eigenvalue weighted by atomic mass is 19.4. The zero-order chi connectivity index (χ0) is 19.3. The topological polar surface area (TPSA) is 68.3 Å². The van der Waals surface area contributed by atoms with Gasteiger partial charge in [0.15, 0.2) is 0 Å². The predicted octanol–water partition coefficient (Wildman–Crippen LogP) is 2.14. The molecule has 3 rings (SSSR count). The number of aromatic nitrogens is 1. The maximum atomic E-state index is 13.2. The molecule has 142 valence electrons. The second-order valence-corrected chi connectivity index (χ2v) is 7.37. The molecule has 0 fully saturated rings. The summed E-state index contributed by atoms with van der Waals surface area (Å²) in [4.78, 5) is 26.7. The van der Waals surface area contributed by atoms with Crippen LogP contribution >= 0.6 is 0 Å². The molecule has 1 aliphatic carbocycles. The molecule has 0 spiro atoms. The number of hydrogen-bond acceptors (Lipinski definition) is 3. The molecule has 26 heavy (non-hydrogen) atoms. The van der Waals surface area contributed by atoms with Crippen molar-refractivity contribution in [1.82, 2.24) is 9.47 Å². The maximum Gasteiger partial charge on any atom is 0.416 e. The summed E-state index contributed by atoms with van der Waals surface area (Å²) in [5.74, 6) is -0.141. The number of amides is 1. The fourth-order valence-corrected chi connectivity index (χ4v) is 3.82. The SMILES string of the molecule is CC(C)[C@]1(C(=O)N2CCn3c(cc(C(F)(F)F)cc3=O)C2)C=C[C@@H](N)C1. The number of alkyl halides is 3. The van der Waals surface area contributed by atoms with E-state index < -0.39 is 22.7 Å². The second-order valence-electron chi connectivity index (χ2n) is 7.37. The number of carbonyl (C=O) groups excluding carboxylic acids is 1. The van der Waals surface area contributed by atoms with E-state index in [0.717, 1.165) is 6.07 Å². The Morgan fingerprint density at radius 1 is 1.31 bits per heavy atom. The first-order chi connectivity index (χ1) is 12.0. The van der Waals surface area contributed by atoms with Gasteiger partial charge in [0, 0.05) is 30.9 Å². The normalized spacial score (nSPS) is 25.7. The second kappa shape index (κ2) is 6.26. The average molecular weight is 369 g/mol. The first-order valence-corrected chi connectivity index (χ1v) is 8.60. The Labute approximate surface area is 149 Å². The molecule has 0 unspecified atom stereocenters. The molecule has 0 saturated heterocycles. The Bertz CT molecular complexity index is 813. The Kier molecular flexibility index (Phi) is 4.50. The van der Waals surface area contributed by atoms with Crippen molar-refractivity contribution in [3.63, 3.8) is 0 Å². The van der Waals surface area contributed by atoms with Crippen molar-refractivity contribution < 1.29 is 18.0 Å². The lowest BCUT2D eigenvalue weighted by Gasteiger charge is -2.39. The van der Waals surface area contributed by atoms with Crippen LogP contribution in [0.4, 0.5) is 13.2 Å². The van der Waals surface area contributed by atoms with E-state index in [1.165, 1.54) is 9.47 Å². The molecule has 1 aromatic rings. The van der Waals surface area contributed by atoms with Gasteiger partial charge in [-0.05, 0) is 18.4 Å². The van der Waals surface area contributed by atoms with Gasteiger partial charge in [-0.25, -0.2) is 0 Å². The minimum atomic E-state index is -4.60. The summed E-state index contributed by atoms with van der Waals surface area (Å²) < 4.78 is 40.3. The standard InChI is InChI=1S/C18H22F3N3O2/c1-11(2)17(4-3-13(22)9-17)16(26)23-5-6-24-14(10-23)7-12(8-15(24)25)18(19,20)21/h3-4,7-8,11,13H,5-6,9-10,22H2,1-2H3/t13-,17+/m1/s1. The smallest absolute Gasteiger partial charge is 0.334 e. The molecule has 2 aliphatic rings. The van der Waals surface area contributed by atoms with Gasteiger partial charge >= 0.3 is 6.18 Å². The number of nitrogens with two attached hydrogens (primary N) is 1. The van der Waals surface area contributed by atoms with Gasteiger partial charge in [-0.1, -0.05) is 26.0 Å². The van der Waals surface area contributed by atoms with Gasteiger partial charge in [0.05, 0.1) is 17.5 Å². The van der Waals surface area contributed by atoms with Crippen molar-refractivity contribution in [2.75, 3.05) is 6.54 Å². The van der Waals surface area contributed by atoms with E-state index in [0.29, 0.717) is 12.5 Å². The first kappa shape index (κ1) is 18.7. The highest BCUT2D eigenvalue weighted by Gasteiger charge is 2.46. The molecular weight excluding hydrogens is 347 g/mol. The van der Waals surface area contributed by atoms with E-state index in [2.05, 4.69) is 0 Å². The lowest BCUT2D eigenvalue weighted by atomic mass is 9.75. The van der Waals surface area contributed by atoms with E-state index in [9.17, 15) is 22.8 Å². The molecule has 5 nitrogen and oxygen atoms in total. The van der Waals surface area contributed by atoms with Crippen LogP contribution in [0, 0.1) is 11.3 Å². The van der Waals surface area contributed by atoms with Crippen LogP contribution in [0.1, 0.15) is 31.5 Å². The maximum absolute atomic E-state index is 13.2. The van der Waals surface area contributed by atoms with Gasteiger partial charge in [-0.15, -0.1) is 0 Å². The third-order valence-electron chi connectivity index (χ3n) is 5.42. The van der Waals surface area contributed by atoms with E-state index in [1.807, 2.05) is 26.0 Å². The van der Waals surface area contributed by atoms with E-state index in [4.69, 9.17) is 5.73 Å². The minimum absolute atomic E-state index is 0.00503. The summed E-state index contributed by atoms with van der Waals surface area (Å²) in [6, 6.07) is 1.35. The molecular formula is C18H22F3N3O2. The van der Waals surface area contributed by atoms with Crippen LogP contribution < -0.4 is 11.3 Å². The lowest BCUT2D eigenvalue weighted by molar-refractivity contribution is -0.143. The van der Waals surface area contributed by atoms with Crippen molar-refractivity contribution in [1.29, 1.82) is 0 Å². The molecule has 2 atom stereocenters. The van der Waals surface area contributed by atoms with Crippen LogP contribution in [0.5, 0.6) is 0 Å². The van der Waals surface area contributed by atoms with Crippen molar-refractivity contribution in [3.8, 4) is 0 Å². The number of carbonyl (C=O) groups is 1. The lowest BCUT2D eigenvalue weighted by Crippen LogP contribution is -2.50. The zero-order valence-electron chi connectivity index (χ0n) is 14.7. The van der Waals surface area contributed by atoms with Gasteiger partial charge in [-0.2, -0.15) is 13.2 Å². The van der Waals surface area contributed by atoms with Crippen LogP contribution in [-0.4, -0.2) is 28.0 Å². The van der Waals surface area contributed by atoms with Crippen LogP contribution in [0.3, 0.4) is 0 Å². The van der Waals surface area contributed by atoms with E-state index in [-0.39, 0.29) is 43.2 Å². The first-order valence-electron chi connectivity index (χ1n) is 8.60. The molecule has 0 aromatic carbocycles. The van der Waals surface area contributed by atoms with Gasteiger partial charge in [-0.3, -0.25) is 9.59 Å². The Morgan fingerprint density at radius 2 is 2.00 bits per heavy atom. The zero-order valence-corrected chi connectivity index (χ0v) is 14.7. The summed E-state index contributed by atoms with van der Waals surface area (Å²) in [6.07, 6.45) is -0.475. The minimum Gasteiger partial charge on any atom is -0.334 e. The van der Waals surface area contributed by atoms with Crippen molar-refractivity contribution >= 4 is 5.91 Å². The summed E-state index contributed by atoms with van der Waals surface area (Å²) in [5, 5.41) is 0. The number of rotatable bonds is 2. The third kappa shape index (κ3) is 3.06. The molecule has 0 saturated carbocycles. The summed E-state index contributed by atoms with van der Waals surface area (Å²) in [7, 11) is 0. The number of hydrogen-bond donors (Lipinski definition) is 1. The average Bonchev–Trinajstić information content (AvgIpc) is 2.96. The van der Waals surface area contributed by atoms with Crippen LogP contribution in [0.25, 0.3) is 0 Å². The monoisotopic (exact) mass is 369 g/mol. The summed E-state index contributed by atoms with van der Waals surface area (Å²) in [5.41, 5.74) is 3.74. The Morgan fingerprint density at radius 3 is 2.54 bits per heavy atom. The Balaban J connectivity index is 1.93. The molecule has 8 heteroatoms. The number of halogens is 3. The molecule has 1 aliphatic heterocycles. The molecule has 1 aromatic heterocycles. The number of pyridine rings is 1.